The molecule has 1 aliphatic heterocycles. The lowest BCUT2D eigenvalue weighted by molar-refractivity contribution is -0.121. The highest BCUT2D eigenvalue weighted by molar-refractivity contribution is 7.15. The molecule has 0 unspecified atom stereocenters. The number of nitrogens with one attached hydrogen (secondary N) is 1. The zero-order valence-corrected chi connectivity index (χ0v) is 22.7. The first kappa shape index (κ1) is 26.5. The summed E-state index contributed by atoms with van der Waals surface area (Å²) < 4.78 is 13.0. The summed E-state index contributed by atoms with van der Waals surface area (Å²) in [4.78, 5) is 19.2. The number of carbonyl (C=O) groups excluding carboxylic acids is 1. The van der Waals surface area contributed by atoms with Crippen molar-refractivity contribution in [3.63, 3.8) is 0 Å². The second-order valence-electron chi connectivity index (χ2n) is 8.68. The van der Waals surface area contributed by atoms with Crippen LogP contribution in [0.1, 0.15) is 59.0 Å². The van der Waals surface area contributed by atoms with Gasteiger partial charge in [0.15, 0.2) is 5.82 Å². The minimum Gasteiger partial charge on any atom is -0.379 e. The van der Waals surface area contributed by atoms with Gasteiger partial charge in [-0.3, -0.25) is 14.4 Å². The first-order valence-corrected chi connectivity index (χ1v) is 13.4. The number of hydrogen-bond acceptors (Lipinski definition) is 7. The van der Waals surface area contributed by atoms with Gasteiger partial charge in [-0.25, -0.2) is 0 Å². The molecule has 4 rings (SSSR count). The molecule has 1 aliphatic rings. The summed E-state index contributed by atoms with van der Waals surface area (Å²) >= 11 is 7.85. The molecule has 0 aliphatic carbocycles. The minimum absolute atomic E-state index is 0.115. The number of carbonyl (C=O) groups is 1. The number of rotatable bonds is 11. The third-order valence-electron chi connectivity index (χ3n) is 6.02. The number of thiophene rings is 1. The molecule has 0 radical (unpaired) electrons. The summed E-state index contributed by atoms with van der Waals surface area (Å²) in [5, 5.41) is 13.4. The molecule has 36 heavy (non-hydrogen) atoms. The van der Waals surface area contributed by atoms with E-state index in [0.29, 0.717) is 37.2 Å². The predicted octanol–water partition coefficient (Wildman–Crippen LogP) is 4.75. The van der Waals surface area contributed by atoms with Gasteiger partial charge in [0.05, 0.1) is 32.0 Å². The molecule has 0 bridgehead atoms. The Balaban J connectivity index is 1.56. The van der Waals surface area contributed by atoms with E-state index in [0.717, 1.165) is 46.3 Å². The topological polar surface area (TPSA) is 90.6 Å². The van der Waals surface area contributed by atoms with E-state index in [9.17, 15) is 4.79 Å². The lowest BCUT2D eigenvalue weighted by Crippen LogP contribution is -2.29. The quantitative estimate of drug-likeness (QED) is 0.362. The van der Waals surface area contributed by atoms with Crippen molar-refractivity contribution in [3.05, 3.63) is 62.5 Å². The fourth-order valence-electron chi connectivity index (χ4n) is 4.11. The summed E-state index contributed by atoms with van der Waals surface area (Å²) in [6, 6.07) is 7.17. The normalized spacial score (nSPS) is 14.7. The SMILES string of the molecule is CCCOCCOCCNC(=O)C[C@@H]1N=C(c2ccc(Cl)cc2)c2c(sc(C)c2C)-n2c(C)nnc21. The Labute approximate surface area is 220 Å². The molecule has 192 valence electrons. The van der Waals surface area contributed by atoms with Crippen molar-refractivity contribution in [2.45, 2.75) is 46.6 Å². The highest BCUT2D eigenvalue weighted by Gasteiger charge is 2.32. The van der Waals surface area contributed by atoms with Gasteiger partial charge in [-0.15, -0.1) is 21.5 Å². The summed E-state index contributed by atoms with van der Waals surface area (Å²) in [7, 11) is 0. The molecule has 0 spiro atoms. The molecule has 0 saturated carbocycles. The monoisotopic (exact) mass is 529 g/mol. The number of halogens is 1. The fourth-order valence-corrected chi connectivity index (χ4v) is 5.45. The Bertz CT molecular complexity index is 1240. The maximum atomic E-state index is 12.9. The van der Waals surface area contributed by atoms with E-state index in [1.54, 1.807) is 11.3 Å². The van der Waals surface area contributed by atoms with Crippen LogP contribution in [-0.4, -0.2) is 59.4 Å². The Morgan fingerprint density at radius 3 is 2.53 bits per heavy atom. The van der Waals surface area contributed by atoms with Gasteiger partial charge >= 0.3 is 0 Å². The van der Waals surface area contributed by atoms with Crippen molar-refractivity contribution in [2.24, 2.45) is 4.99 Å². The second-order valence-corrected chi connectivity index (χ2v) is 10.3. The smallest absolute Gasteiger partial charge is 0.222 e. The van der Waals surface area contributed by atoms with Crippen molar-refractivity contribution in [1.82, 2.24) is 20.1 Å². The van der Waals surface area contributed by atoms with E-state index < -0.39 is 6.04 Å². The molecular weight excluding hydrogens is 498 g/mol. The molecule has 0 saturated heterocycles. The summed E-state index contributed by atoms with van der Waals surface area (Å²) in [5.41, 5.74) is 3.99. The molecular formula is C26H32ClN5O3S. The van der Waals surface area contributed by atoms with Crippen LogP contribution >= 0.6 is 22.9 Å². The third-order valence-corrected chi connectivity index (χ3v) is 7.47. The van der Waals surface area contributed by atoms with E-state index in [-0.39, 0.29) is 12.3 Å². The van der Waals surface area contributed by atoms with Gasteiger partial charge in [0.2, 0.25) is 5.91 Å². The standard InChI is InChI=1S/C26H32ClN5O3S/c1-5-11-34-13-14-35-12-10-28-22(33)15-21-25-31-30-18(4)32(25)26-23(16(2)17(3)36-26)24(29-21)19-6-8-20(27)9-7-19/h6-9,21H,5,10-15H2,1-4H3,(H,28,33)/t21-/m0/s1. The van der Waals surface area contributed by atoms with Crippen LogP contribution < -0.4 is 5.32 Å². The van der Waals surface area contributed by atoms with Crippen LogP contribution in [0.2, 0.25) is 5.02 Å². The van der Waals surface area contributed by atoms with Gasteiger partial charge in [-0.1, -0.05) is 30.7 Å². The van der Waals surface area contributed by atoms with Gasteiger partial charge in [0.25, 0.3) is 0 Å². The zero-order valence-electron chi connectivity index (χ0n) is 21.1. The van der Waals surface area contributed by atoms with E-state index in [1.807, 2.05) is 35.8 Å². The van der Waals surface area contributed by atoms with Gasteiger partial charge < -0.3 is 14.8 Å². The van der Waals surface area contributed by atoms with Crippen LogP contribution in [0.25, 0.3) is 5.00 Å². The first-order chi connectivity index (χ1) is 17.4. The average Bonchev–Trinajstić information content (AvgIpc) is 3.33. The van der Waals surface area contributed by atoms with Gasteiger partial charge in [0.1, 0.15) is 16.9 Å². The number of nitrogens with zero attached hydrogens (tertiary/aromatic N) is 4. The largest absolute Gasteiger partial charge is 0.379 e. The number of aromatic nitrogens is 3. The molecule has 8 nitrogen and oxygen atoms in total. The molecule has 2 aromatic heterocycles. The van der Waals surface area contributed by atoms with Crippen molar-refractivity contribution in [1.29, 1.82) is 0 Å². The summed E-state index contributed by atoms with van der Waals surface area (Å²) in [6.45, 7) is 10.9. The van der Waals surface area contributed by atoms with Gasteiger partial charge in [-0.2, -0.15) is 0 Å². The zero-order chi connectivity index (χ0) is 25.7. The lowest BCUT2D eigenvalue weighted by atomic mass is 9.99. The van der Waals surface area contributed by atoms with Crippen LogP contribution in [0.3, 0.4) is 0 Å². The molecule has 3 aromatic rings. The van der Waals surface area contributed by atoms with Crippen molar-refractivity contribution >= 4 is 34.6 Å². The van der Waals surface area contributed by atoms with Crippen LogP contribution in [-0.2, 0) is 14.3 Å². The maximum Gasteiger partial charge on any atom is 0.222 e. The van der Waals surface area contributed by atoms with Crippen molar-refractivity contribution in [3.8, 4) is 5.00 Å². The Morgan fingerprint density at radius 2 is 1.81 bits per heavy atom. The highest BCUT2D eigenvalue weighted by Crippen LogP contribution is 2.39. The van der Waals surface area contributed by atoms with Crippen LogP contribution in [0.5, 0.6) is 0 Å². The molecule has 1 atom stereocenters. The number of hydrogen-bond donors (Lipinski definition) is 1. The Hall–Kier alpha value is -2.59. The summed E-state index contributed by atoms with van der Waals surface area (Å²) in [5.74, 6) is 1.32. The van der Waals surface area contributed by atoms with Crippen LogP contribution in [0, 0.1) is 20.8 Å². The number of ether oxygens (including phenoxy) is 2. The molecule has 0 fully saturated rings. The molecule has 1 aromatic carbocycles. The fraction of sp³-hybridized carbons (Fsp3) is 0.462. The minimum atomic E-state index is -0.487. The van der Waals surface area contributed by atoms with E-state index in [2.05, 4.69) is 36.3 Å². The van der Waals surface area contributed by atoms with E-state index in [4.69, 9.17) is 26.1 Å². The number of benzene rings is 1. The highest BCUT2D eigenvalue weighted by atomic mass is 35.5. The Morgan fingerprint density at radius 1 is 1.08 bits per heavy atom. The lowest BCUT2D eigenvalue weighted by Gasteiger charge is -2.13. The van der Waals surface area contributed by atoms with E-state index >= 15 is 0 Å². The third kappa shape index (κ3) is 5.86. The predicted molar refractivity (Wildman–Crippen MR) is 143 cm³/mol. The van der Waals surface area contributed by atoms with Crippen molar-refractivity contribution < 1.29 is 14.3 Å². The van der Waals surface area contributed by atoms with Crippen LogP contribution in [0.15, 0.2) is 29.3 Å². The van der Waals surface area contributed by atoms with Crippen LogP contribution in [0.4, 0.5) is 0 Å². The first-order valence-electron chi connectivity index (χ1n) is 12.2. The average molecular weight is 530 g/mol. The number of amides is 1. The number of fused-ring (bicyclic) bond motifs is 3. The molecule has 1 amide bonds. The van der Waals surface area contributed by atoms with Gasteiger partial charge in [0, 0.05) is 34.2 Å². The second kappa shape index (κ2) is 12.1. The maximum absolute atomic E-state index is 12.9. The Kier molecular flexibility index (Phi) is 8.90. The van der Waals surface area contributed by atoms with Crippen molar-refractivity contribution in [2.75, 3.05) is 33.0 Å². The number of aliphatic imine (C=N–C) groups is 1. The van der Waals surface area contributed by atoms with Gasteiger partial charge in [-0.05, 0) is 44.9 Å². The molecule has 10 heteroatoms. The molecule has 1 N–H and O–H groups in total. The van der Waals surface area contributed by atoms with E-state index in [1.165, 1.54) is 4.88 Å². The molecule has 3 heterocycles. The number of aryl methyl sites for hydroxylation is 2. The summed E-state index contributed by atoms with van der Waals surface area (Å²) in [6.07, 6.45) is 1.14.